The van der Waals surface area contributed by atoms with Crippen LogP contribution >= 0.6 is 23.4 Å². The molecule has 0 fully saturated rings. The highest BCUT2D eigenvalue weighted by atomic mass is 35.5. The number of benzene rings is 2. The Labute approximate surface area is 187 Å². The number of imide groups is 1. The van der Waals surface area contributed by atoms with Gasteiger partial charge in [0.2, 0.25) is 0 Å². The van der Waals surface area contributed by atoms with Crippen LogP contribution in [0.15, 0.2) is 41.3 Å². The number of ether oxygens (including phenoxy) is 1. The van der Waals surface area contributed by atoms with Gasteiger partial charge in [-0.3, -0.25) is 9.69 Å². The molecular weight excluding hydrogens is 486 g/mol. The van der Waals surface area contributed by atoms with Crippen LogP contribution < -0.4 is 4.90 Å². The summed E-state index contributed by atoms with van der Waals surface area (Å²) < 4.78 is 85.0. The molecule has 0 aliphatic rings. The zero-order valence-corrected chi connectivity index (χ0v) is 17.8. The topological polar surface area (TPSA) is 49.9 Å². The Hall–Kier alpha value is -2.44. The Bertz CT molecular complexity index is 972. The van der Waals surface area contributed by atoms with Crippen LogP contribution in [0, 0.1) is 17.5 Å². The van der Waals surface area contributed by atoms with Crippen molar-refractivity contribution in [1.82, 2.24) is 4.90 Å². The number of carbonyl (C=O) groups is 2. The number of alkyl halides is 4. The van der Waals surface area contributed by atoms with Crippen molar-refractivity contribution in [3.8, 4) is 0 Å². The van der Waals surface area contributed by atoms with E-state index in [9.17, 15) is 35.9 Å². The van der Waals surface area contributed by atoms with Crippen LogP contribution in [0.1, 0.15) is 10.4 Å². The van der Waals surface area contributed by atoms with E-state index in [1.54, 1.807) is 0 Å². The SMILES string of the molecule is CN(C(=O)N(COCCCl)C(=O)c1c(F)cccc1F)c1ccc(SC(F)(F)F)cc1F. The van der Waals surface area contributed by atoms with Crippen molar-refractivity contribution in [2.24, 2.45) is 0 Å². The minimum absolute atomic E-state index is 0.0208. The lowest BCUT2D eigenvalue weighted by atomic mass is 10.1. The van der Waals surface area contributed by atoms with Gasteiger partial charge in [0.15, 0.2) is 0 Å². The van der Waals surface area contributed by atoms with Gasteiger partial charge in [-0.1, -0.05) is 6.07 Å². The summed E-state index contributed by atoms with van der Waals surface area (Å²) in [6.45, 7) is -0.897. The van der Waals surface area contributed by atoms with E-state index in [1.807, 2.05) is 0 Å². The number of thioether (sulfide) groups is 1. The second kappa shape index (κ2) is 10.9. The van der Waals surface area contributed by atoms with Crippen molar-refractivity contribution in [2.75, 3.05) is 31.2 Å². The number of nitrogens with zero attached hydrogens (tertiary/aromatic N) is 2. The van der Waals surface area contributed by atoms with Gasteiger partial charge in [0.1, 0.15) is 29.7 Å². The lowest BCUT2D eigenvalue weighted by molar-refractivity contribution is -0.0328. The average molecular weight is 501 g/mol. The van der Waals surface area contributed by atoms with Crippen molar-refractivity contribution < 1.29 is 40.7 Å². The second-order valence-corrected chi connectivity index (χ2v) is 7.58. The fourth-order valence-corrected chi connectivity index (χ4v) is 3.16. The molecule has 0 aromatic heterocycles. The summed E-state index contributed by atoms with van der Waals surface area (Å²) in [4.78, 5) is 26.0. The minimum Gasteiger partial charge on any atom is -0.359 e. The van der Waals surface area contributed by atoms with Gasteiger partial charge in [0.05, 0.1) is 12.3 Å². The number of carbonyl (C=O) groups excluding carboxylic acids is 2. The zero-order chi connectivity index (χ0) is 24.1. The minimum atomic E-state index is -4.65. The maximum absolute atomic E-state index is 14.4. The van der Waals surface area contributed by atoms with Gasteiger partial charge < -0.3 is 4.74 Å². The van der Waals surface area contributed by atoms with Crippen LogP contribution in [0.25, 0.3) is 0 Å². The maximum Gasteiger partial charge on any atom is 0.446 e. The summed E-state index contributed by atoms with van der Waals surface area (Å²) in [5, 5.41) is 0. The van der Waals surface area contributed by atoms with Crippen molar-refractivity contribution in [2.45, 2.75) is 10.4 Å². The number of halogens is 7. The normalized spacial score (nSPS) is 11.4. The van der Waals surface area contributed by atoms with Gasteiger partial charge in [-0.05, 0) is 42.1 Å². The van der Waals surface area contributed by atoms with Crippen LogP contribution in [0.4, 0.5) is 36.8 Å². The zero-order valence-electron chi connectivity index (χ0n) is 16.3. The summed E-state index contributed by atoms with van der Waals surface area (Å²) in [6.07, 6.45) is 0. The molecule has 2 aromatic carbocycles. The van der Waals surface area contributed by atoms with Crippen molar-refractivity contribution in [3.05, 3.63) is 59.4 Å². The quantitative estimate of drug-likeness (QED) is 0.163. The average Bonchev–Trinajstić information content (AvgIpc) is 2.69. The van der Waals surface area contributed by atoms with E-state index >= 15 is 0 Å². The summed E-state index contributed by atoms with van der Waals surface area (Å²) in [5.74, 6) is -5.11. The molecule has 0 N–H and O–H groups in total. The summed E-state index contributed by atoms with van der Waals surface area (Å²) >= 11 is 4.92. The summed E-state index contributed by atoms with van der Waals surface area (Å²) in [6, 6.07) is 3.75. The van der Waals surface area contributed by atoms with E-state index < -0.39 is 69.5 Å². The lowest BCUT2D eigenvalue weighted by Crippen LogP contribution is -2.46. The Morgan fingerprint density at radius 2 is 1.69 bits per heavy atom. The lowest BCUT2D eigenvalue weighted by Gasteiger charge is -2.27. The van der Waals surface area contributed by atoms with E-state index in [0.29, 0.717) is 15.9 Å². The molecule has 0 saturated carbocycles. The molecule has 0 radical (unpaired) electrons. The summed E-state index contributed by atoms with van der Waals surface area (Å²) in [5.41, 5.74) is -6.17. The highest BCUT2D eigenvalue weighted by Crippen LogP contribution is 2.38. The first kappa shape index (κ1) is 25.8. The molecule has 0 unspecified atom stereocenters. The third kappa shape index (κ3) is 6.53. The highest BCUT2D eigenvalue weighted by molar-refractivity contribution is 8.00. The van der Waals surface area contributed by atoms with Crippen LogP contribution in [-0.4, -0.2) is 48.6 Å². The Balaban J connectivity index is 2.35. The van der Waals surface area contributed by atoms with E-state index in [2.05, 4.69) is 0 Å². The van der Waals surface area contributed by atoms with Crippen LogP contribution in [0.2, 0.25) is 0 Å². The molecule has 0 heterocycles. The molecule has 0 bridgehead atoms. The first-order chi connectivity index (χ1) is 15.0. The van der Waals surface area contributed by atoms with E-state index in [1.165, 1.54) is 0 Å². The largest absolute Gasteiger partial charge is 0.446 e. The highest BCUT2D eigenvalue weighted by Gasteiger charge is 2.32. The Morgan fingerprint density at radius 1 is 1.06 bits per heavy atom. The van der Waals surface area contributed by atoms with Crippen LogP contribution in [0.3, 0.4) is 0 Å². The Kier molecular flexibility index (Phi) is 8.81. The van der Waals surface area contributed by atoms with E-state index in [-0.39, 0.29) is 12.5 Å². The molecule has 0 spiro atoms. The predicted molar refractivity (Wildman–Crippen MR) is 106 cm³/mol. The van der Waals surface area contributed by atoms with Gasteiger partial charge in [-0.25, -0.2) is 22.9 Å². The molecule has 13 heteroatoms. The molecule has 174 valence electrons. The molecule has 0 atom stereocenters. The fourth-order valence-electron chi connectivity index (χ4n) is 2.49. The number of anilines is 1. The molecular formula is C19H15ClF6N2O3S. The second-order valence-electron chi connectivity index (χ2n) is 6.06. The maximum atomic E-state index is 14.4. The van der Waals surface area contributed by atoms with Crippen LogP contribution in [0.5, 0.6) is 0 Å². The van der Waals surface area contributed by atoms with Gasteiger partial charge in [-0.2, -0.15) is 13.2 Å². The monoisotopic (exact) mass is 500 g/mol. The van der Waals surface area contributed by atoms with Gasteiger partial charge >= 0.3 is 11.5 Å². The molecule has 0 saturated heterocycles. The molecule has 0 aliphatic carbocycles. The molecule has 5 nitrogen and oxygen atoms in total. The van der Waals surface area contributed by atoms with Crippen molar-refractivity contribution >= 4 is 41.0 Å². The number of urea groups is 1. The van der Waals surface area contributed by atoms with E-state index in [0.717, 1.165) is 37.4 Å². The number of hydrogen-bond donors (Lipinski definition) is 0. The molecule has 32 heavy (non-hydrogen) atoms. The molecule has 0 aliphatic heterocycles. The van der Waals surface area contributed by atoms with E-state index in [4.69, 9.17) is 16.3 Å². The first-order valence-corrected chi connectivity index (χ1v) is 10.0. The van der Waals surface area contributed by atoms with Gasteiger partial charge in [0.25, 0.3) is 5.91 Å². The predicted octanol–water partition coefficient (Wildman–Crippen LogP) is 5.63. The first-order valence-electron chi connectivity index (χ1n) is 8.68. The third-order valence-corrected chi connectivity index (χ3v) is 4.77. The van der Waals surface area contributed by atoms with Crippen molar-refractivity contribution in [3.63, 3.8) is 0 Å². The fraction of sp³-hybridized carbons (Fsp3) is 0.263. The molecule has 3 amide bonds. The standard InChI is InChI=1S/C19H15ClF6N2O3S/c1-27(15-6-5-11(9-14(15)23)32-19(24,25)26)18(30)28(10-31-8-7-20)17(29)16-12(21)3-2-4-13(16)22/h2-6,9H,7-8,10H2,1H3. The van der Waals surface area contributed by atoms with Gasteiger partial charge in [0, 0.05) is 17.8 Å². The molecule has 2 rings (SSSR count). The van der Waals surface area contributed by atoms with Crippen LogP contribution in [-0.2, 0) is 4.74 Å². The third-order valence-electron chi connectivity index (χ3n) is 3.90. The summed E-state index contributed by atoms with van der Waals surface area (Å²) in [7, 11) is 1.02. The van der Waals surface area contributed by atoms with Crippen molar-refractivity contribution in [1.29, 1.82) is 0 Å². The number of amides is 3. The molecule has 2 aromatic rings. The van der Waals surface area contributed by atoms with Gasteiger partial charge in [-0.15, -0.1) is 11.6 Å². The smallest absolute Gasteiger partial charge is 0.359 e. The Morgan fingerprint density at radius 3 is 2.22 bits per heavy atom. The number of hydrogen-bond acceptors (Lipinski definition) is 4. The number of rotatable bonds is 7.